The molecule has 0 aliphatic heterocycles. The molecule has 1 saturated carbocycles. The minimum atomic E-state index is -0.329. The summed E-state index contributed by atoms with van der Waals surface area (Å²) < 4.78 is 5.12. The molecule has 1 aromatic carbocycles. The molecule has 1 fully saturated rings. The van der Waals surface area contributed by atoms with Crippen LogP contribution in [0.2, 0.25) is 0 Å². The van der Waals surface area contributed by atoms with Gasteiger partial charge in [0.1, 0.15) is 0 Å². The van der Waals surface area contributed by atoms with Gasteiger partial charge in [-0.05, 0) is 30.4 Å². The van der Waals surface area contributed by atoms with E-state index in [1.807, 2.05) is 66.9 Å². The van der Waals surface area contributed by atoms with E-state index in [2.05, 4.69) is 0 Å². The van der Waals surface area contributed by atoms with Gasteiger partial charge in [-0.1, -0.05) is 99.5 Å². The Morgan fingerprint density at radius 1 is 0.833 bits per heavy atom. The Kier molecular flexibility index (Phi) is 8.89. The molecule has 0 saturated heterocycles. The molecule has 3 heteroatoms. The molecule has 3 rings (SSSR count). The number of carbonyl (C=O) groups is 1. The number of carbonyl (C=O) groups excluding carboxylic acids is 1. The van der Waals surface area contributed by atoms with Crippen LogP contribution >= 0.6 is 0 Å². The average molecular weight is 404 g/mol. The standard InChI is InChI=1S/C27H33NO2/c1-30-27(29)25-20-24(22-16-12-8-4-2-5-9-13-17-22)21-28-26(25)23-18-14-10-6-3-7-11-15-19-23/h3,6-7,10-11,14-15,18-22H,2,4-5,8-9,12-13,16-17H2,1H3. The molecule has 3 nitrogen and oxygen atoms in total. The maximum atomic E-state index is 12.7. The van der Waals surface area contributed by atoms with Crippen molar-refractivity contribution >= 4 is 5.97 Å². The molecule has 1 heterocycles. The van der Waals surface area contributed by atoms with Gasteiger partial charge in [0.05, 0.1) is 18.4 Å². The van der Waals surface area contributed by atoms with Crippen LogP contribution in [0.4, 0.5) is 0 Å². The predicted octanol–water partition coefficient (Wildman–Crippen LogP) is 7.27. The molecule has 0 radical (unpaired) electrons. The summed E-state index contributed by atoms with van der Waals surface area (Å²) in [6.45, 7) is 0. The van der Waals surface area contributed by atoms with Crippen molar-refractivity contribution in [1.29, 1.82) is 0 Å². The number of ether oxygens (including phenoxy) is 1. The van der Waals surface area contributed by atoms with Crippen LogP contribution in [0, 0.1) is 0 Å². The Balaban J connectivity index is 1.99. The molecule has 0 unspecified atom stereocenters. The first-order valence-corrected chi connectivity index (χ1v) is 11.3. The van der Waals surface area contributed by atoms with Crippen LogP contribution in [-0.4, -0.2) is 18.1 Å². The Hall–Kier alpha value is -2.68. The van der Waals surface area contributed by atoms with E-state index in [-0.39, 0.29) is 5.97 Å². The van der Waals surface area contributed by atoms with Crippen LogP contribution in [0.15, 0.2) is 66.9 Å². The lowest BCUT2D eigenvalue weighted by Crippen LogP contribution is -2.09. The first-order valence-electron chi connectivity index (χ1n) is 11.3. The quantitative estimate of drug-likeness (QED) is 0.506. The monoisotopic (exact) mass is 403 g/mol. The number of esters is 1. The second-order valence-corrected chi connectivity index (χ2v) is 8.04. The van der Waals surface area contributed by atoms with E-state index in [0.29, 0.717) is 17.2 Å². The van der Waals surface area contributed by atoms with Crippen LogP contribution in [0.5, 0.6) is 0 Å². The molecule has 0 N–H and O–H groups in total. The molecule has 158 valence electrons. The zero-order chi connectivity index (χ0) is 21.0. The van der Waals surface area contributed by atoms with E-state index in [4.69, 9.17) is 9.72 Å². The molecule has 1 aliphatic carbocycles. The van der Waals surface area contributed by atoms with Crippen molar-refractivity contribution in [1.82, 2.24) is 4.98 Å². The first-order chi connectivity index (χ1) is 14.8. The van der Waals surface area contributed by atoms with Crippen molar-refractivity contribution in [3.8, 4) is 11.3 Å². The third kappa shape index (κ3) is 6.41. The molecule has 30 heavy (non-hydrogen) atoms. The van der Waals surface area contributed by atoms with Gasteiger partial charge in [0.15, 0.2) is 0 Å². The fraction of sp³-hybridized carbons (Fsp3) is 0.407. The lowest BCUT2D eigenvalue weighted by molar-refractivity contribution is 0.0601. The van der Waals surface area contributed by atoms with E-state index < -0.39 is 0 Å². The van der Waals surface area contributed by atoms with Crippen molar-refractivity contribution in [2.24, 2.45) is 0 Å². The lowest BCUT2D eigenvalue weighted by Gasteiger charge is -2.20. The highest BCUT2D eigenvalue weighted by Crippen LogP contribution is 2.32. The van der Waals surface area contributed by atoms with Crippen molar-refractivity contribution in [2.45, 2.75) is 63.7 Å². The zero-order valence-electron chi connectivity index (χ0n) is 18.1. The number of rotatable bonds is 3. The van der Waals surface area contributed by atoms with Gasteiger partial charge in [-0.15, -0.1) is 0 Å². The van der Waals surface area contributed by atoms with Gasteiger partial charge in [0.2, 0.25) is 0 Å². The third-order valence-corrected chi connectivity index (χ3v) is 5.88. The molecular weight excluding hydrogens is 370 g/mol. The Morgan fingerprint density at radius 2 is 1.37 bits per heavy atom. The summed E-state index contributed by atoms with van der Waals surface area (Å²) in [5, 5.41) is 0. The first kappa shape index (κ1) is 22.0. The van der Waals surface area contributed by atoms with Crippen LogP contribution < -0.4 is 0 Å². The van der Waals surface area contributed by atoms with E-state index >= 15 is 0 Å². The fourth-order valence-electron chi connectivity index (χ4n) is 4.20. The second kappa shape index (κ2) is 12.1. The van der Waals surface area contributed by atoms with E-state index in [1.54, 1.807) is 0 Å². The van der Waals surface area contributed by atoms with Crippen molar-refractivity contribution < 1.29 is 9.53 Å². The topological polar surface area (TPSA) is 39.2 Å². The molecule has 1 aromatic heterocycles. The lowest BCUT2D eigenvalue weighted by atomic mass is 9.86. The van der Waals surface area contributed by atoms with Crippen molar-refractivity contribution in [3.05, 3.63) is 78.0 Å². The van der Waals surface area contributed by atoms with Gasteiger partial charge in [-0.25, -0.2) is 4.79 Å². The third-order valence-electron chi connectivity index (χ3n) is 5.88. The average Bonchev–Trinajstić information content (AvgIpc) is 2.80. The van der Waals surface area contributed by atoms with Crippen LogP contribution in [0.1, 0.15) is 79.6 Å². The fourth-order valence-corrected chi connectivity index (χ4v) is 4.20. The number of nitrogens with zero attached hydrogens (tertiary/aromatic N) is 1. The predicted molar refractivity (Wildman–Crippen MR) is 123 cm³/mol. The second-order valence-electron chi connectivity index (χ2n) is 8.04. The summed E-state index contributed by atoms with van der Waals surface area (Å²) in [6.07, 6.45) is 13.5. The number of pyridine rings is 1. The van der Waals surface area contributed by atoms with Crippen LogP contribution in [-0.2, 0) is 4.74 Å². The summed E-state index contributed by atoms with van der Waals surface area (Å²) in [4.78, 5) is 17.4. The molecule has 0 spiro atoms. The minimum Gasteiger partial charge on any atom is -0.465 e. The molecular formula is C27H33NO2. The van der Waals surface area contributed by atoms with E-state index in [0.717, 1.165) is 5.56 Å². The summed E-state index contributed by atoms with van der Waals surface area (Å²) in [5.41, 5.74) is 3.28. The highest BCUT2D eigenvalue weighted by atomic mass is 16.5. The van der Waals surface area contributed by atoms with E-state index in [9.17, 15) is 4.79 Å². The van der Waals surface area contributed by atoms with Crippen LogP contribution in [0.25, 0.3) is 11.3 Å². The summed E-state index contributed by atoms with van der Waals surface area (Å²) in [6, 6.07) is 19.8. The Bertz CT molecular complexity index is 841. The maximum Gasteiger partial charge on any atom is 0.340 e. The van der Waals surface area contributed by atoms with Gasteiger partial charge < -0.3 is 4.74 Å². The smallest absolute Gasteiger partial charge is 0.340 e. The van der Waals surface area contributed by atoms with Gasteiger partial charge in [-0.2, -0.15) is 0 Å². The number of hydrogen-bond donors (Lipinski definition) is 0. The summed E-state index contributed by atoms with van der Waals surface area (Å²) >= 11 is 0. The number of hydrogen-bond acceptors (Lipinski definition) is 3. The summed E-state index contributed by atoms with van der Waals surface area (Å²) in [7, 11) is 1.44. The summed E-state index contributed by atoms with van der Waals surface area (Å²) in [5.74, 6) is 0.139. The Labute approximate surface area is 180 Å². The van der Waals surface area contributed by atoms with Gasteiger partial charge in [0, 0.05) is 11.8 Å². The highest BCUT2D eigenvalue weighted by Gasteiger charge is 2.19. The SMILES string of the molecule is COC(=O)c1cc(C2CCCCCCCCC2)cnc1-c1ccccccccc1. The van der Waals surface area contributed by atoms with Crippen molar-refractivity contribution in [3.63, 3.8) is 0 Å². The van der Waals surface area contributed by atoms with Gasteiger partial charge in [-0.3, -0.25) is 4.98 Å². The van der Waals surface area contributed by atoms with E-state index in [1.165, 1.54) is 70.5 Å². The highest BCUT2D eigenvalue weighted by molar-refractivity contribution is 5.96. The number of methoxy groups -OCH3 is 1. The van der Waals surface area contributed by atoms with Gasteiger partial charge in [0.25, 0.3) is 0 Å². The maximum absolute atomic E-state index is 12.7. The molecule has 0 bridgehead atoms. The van der Waals surface area contributed by atoms with Crippen molar-refractivity contribution in [2.75, 3.05) is 7.11 Å². The minimum absolute atomic E-state index is 0.329. The van der Waals surface area contributed by atoms with Gasteiger partial charge >= 0.3 is 5.97 Å². The molecule has 0 atom stereocenters. The molecule has 2 aromatic rings. The number of aromatic nitrogens is 1. The molecule has 1 aliphatic rings. The van der Waals surface area contributed by atoms with Crippen LogP contribution in [0.3, 0.4) is 0 Å². The zero-order valence-corrected chi connectivity index (χ0v) is 18.1. The normalized spacial score (nSPS) is 15.6. The molecule has 0 amide bonds. The largest absolute Gasteiger partial charge is 0.465 e. The Morgan fingerprint density at radius 3 is 1.93 bits per heavy atom.